The van der Waals surface area contributed by atoms with Gasteiger partial charge in [0.05, 0.1) is 12.6 Å². The number of ether oxygens (including phenoxy) is 1. The number of carbonyl (C=O) groups is 2. The van der Waals surface area contributed by atoms with Gasteiger partial charge in [-0.3, -0.25) is 9.69 Å². The minimum atomic E-state index is -0.784. The fourth-order valence-corrected chi connectivity index (χ4v) is 3.42. The van der Waals surface area contributed by atoms with E-state index < -0.39 is 5.97 Å². The predicted octanol–water partition coefficient (Wildman–Crippen LogP) is 2.92. The van der Waals surface area contributed by atoms with Gasteiger partial charge in [-0.1, -0.05) is 6.07 Å². The lowest BCUT2D eigenvalue weighted by atomic mass is 9.85. The van der Waals surface area contributed by atoms with Crippen molar-refractivity contribution in [1.82, 2.24) is 10.2 Å². The summed E-state index contributed by atoms with van der Waals surface area (Å²) in [6, 6.07) is 7.40. The highest BCUT2D eigenvalue weighted by molar-refractivity contribution is 5.89. The fraction of sp³-hybridized carbons (Fsp3) is 0.600. The van der Waals surface area contributed by atoms with E-state index in [2.05, 4.69) is 15.5 Å². The molecule has 2 amide bonds. The average molecular weight is 375 g/mol. The topological polar surface area (TPSA) is 90.9 Å². The molecule has 0 radical (unpaired) electrons. The third kappa shape index (κ3) is 6.13. The van der Waals surface area contributed by atoms with E-state index in [1.807, 2.05) is 32.0 Å². The summed E-state index contributed by atoms with van der Waals surface area (Å²) in [4.78, 5) is 25.4. The molecular formula is C20H29N3O4. The number of nitrogens with zero attached hydrogens (tertiary/aromatic N) is 1. The van der Waals surface area contributed by atoms with Crippen molar-refractivity contribution in [2.24, 2.45) is 5.92 Å². The van der Waals surface area contributed by atoms with E-state index in [4.69, 9.17) is 9.84 Å². The van der Waals surface area contributed by atoms with Crippen molar-refractivity contribution >= 4 is 17.7 Å². The highest BCUT2D eigenvalue weighted by Crippen LogP contribution is 2.33. The van der Waals surface area contributed by atoms with Crippen LogP contribution in [0.3, 0.4) is 0 Å². The Morgan fingerprint density at radius 1 is 1.30 bits per heavy atom. The number of benzene rings is 1. The van der Waals surface area contributed by atoms with E-state index in [-0.39, 0.29) is 30.8 Å². The lowest BCUT2D eigenvalue weighted by Crippen LogP contribution is -2.55. The van der Waals surface area contributed by atoms with Crippen molar-refractivity contribution in [1.29, 1.82) is 0 Å². The number of amides is 2. The lowest BCUT2D eigenvalue weighted by molar-refractivity contribution is -0.139. The second-order valence-corrected chi connectivity index (χ2v) is 7.88. The van der Waals surface area contributed by atoms with Crippen LogP contribution in [0.2, 0.25) is 0 Å². The Kier molecular flexibility index (Phi) is 6.21. The molecule has 0 aromatic heterocycles. The van der Waals surface area contributed by atoms with Crippen LogP contribution in [0, 0.1) is 5.92 Å². The minimum absolute atomic E-state index is 0.0744. The van der Waals surface area contributed by atoms with Crippen molar-refractivity contribution in [3.8, 4) is 5.75 Å². The summed E-state index contributed by atoms with van der Waals surface area (Å²) in [6.07, 6.45) is 4.07. The van der Waals surface area contributed by atoms with Crippen LogP contribution in [0.25, 0.3) is 0 Å². The lowest BCUT2D eigenvalue weighted by Gasteiger charge is -2.42. The second kappa shape index (κ2) is 8.61. The third-order valence-corrected chi connectivity index (χ3v) is 4.96. The van der Waals surface area contributed by atoms with Crippen LogP contribution in [0.5, 0.6) is 5.75 Å². The first-order valence-corrected chi connectivity index (χ1v) is 9.69. The summed E-state index contributed by atoms with van der Waals surface area (Å²) in [5, 5.41) is 14.9. The van der Waals surface area contributed by atoms with E-state index in [0.717, 1.165) is 25.1 Å². The van der Waals surface area contributed by atoms with Gasteiger partial charge in [0.15, 0.2) is 0 Å². The molecule has 148 valence electrons. The number of hydrogen-bond acceptors (Lipinski definition) is 4. The Bertz CT molecular complexity index is 669. The molecule has 0 bridgehead atoms. The van der Waals surface area contributed by atoms with Gasteiger partial charge in [0.1, 0.15) is 5.75 Å². The zero-order valence-corrected chi connectivity index (χ0v) is 16.0. The molecule has 2 saturated carbocycles. The molecular weight excluding hydrogens is 346 g/mol. The predicted molar refractivity (Wildman–Crippen MR) is 103 cm³/mol. The Labute approximate surface area is 160 Å². The van der Waals surface area contributed by atoms with Gasteiger partial charge < -0.3 is 20.5 Å². The van der Waals surface area contributed by atoms with Gasteiger partial charge in [-0.25, -0.2) is 4.79 Å². The summed E-state index contributed by atoms with van der Waals surface area (Å²) in [5.41, 5.74) is 0.683. The van der Waals surface area contributed by atoms with E-state index in [1.165, 1.54) is 12.8 Å². The zero-order chi connectivity index (χ0) is 19.4. The number of rotatable bonds is 9. The van der Waals surface area contributed by atoms with Crippen molar-refractivity contribution in [3.05, 3.63) is 24.3 Å². The van der Waals surface area contributed by atoms with Crippen LogP contribution in [-0.2, 0) is 4.79 Å². The van der Waals surface area contributed by atoms with Crippen molar-refractivity contribution in [3.63, 3.8) is 0 Å². The molecule has 7 nitrogen and oxygen atoms in total. The van der Waals surface area contributed by atoms with Crippen molar-refractivity contribution in [2.45, 2.75) is 57.7 Å². The Hall–Kier alpha value is -2.28. The first-order valence-electron chi connectivity index (χ1n) is 9.69. The number of carboxylic acids is 1. The SMILES string of the molecule is CC(C)Oc1cccc(NC(=O)NC2CC(N(CC(=O)O)CC3CC3)C2)c1. The summed E-state index contributed by atoms with van der Waals surface area (Å²) >= 11 is 0. The molecule has 1 aromatic carbocycles. The van der Waals surface area contributed by atoms with Crippen LogP contribution >= 0.6 is 0 Å². The standard InChI is InChI=1S/C20H29N3O4/c1-13(2)27-18-5-3-4-15(10-18)21-20(26)22-16-8-17(9-16)23(12-19(24)25)11-14-6-7-14/h3-5,10,13-14,16-17H,6-9,11-12H2,1-2H3,(H,24,25)(H2,21,22,26). The molecule has 0 spiro atoms. The van der Waals surface area contributed by atoms with Crippen molar-refractivity contribution in [2.75, 3.05) is 18.4 Å². The van der Waals surface area contributed by atoms with E-state index in [1.54, 1.807) is 6.07 Å². The zero-order valence-electron chi connectivity index (χ0n) is 16.0. The highest BCUT2D eigenvalue weighted by atomic mass is 16.5. The smallest absolute Gasteiger partial charge is 0.319 e. The number of hydrogen-bond donors (Lipinski definition) is 3. The van der Waals surface area contributed by atoms with Gasteiger partial charge in [-0.15, -0.1) is 0 Å². The maximum Gasteiger partial charge on any atom is 0.319 e. The molecule has 3 N–H and O–H groups in total. The molecule has 2 aliphatic carbocycles. The third-order valence-electron chi connectivity index (χ3n) is 4.96. The van der Waals surface area contributed by atoms with Crippen LogP contribution < -0.4 is 15.4 Å². The highest BCUT2D eigenvalue weighted by Gasteiger charge is 2.37. The van der Waals surface area contributed by atoms with Gasteiger partial charge in [0.25, 0.3) is 0 Å². The number of aliphatic carboxylic acids is 1. The molecule has 0 unspecified atom stereocenters. The number of nitrogens with one attached hydrogen (secondary N) is 2. The molecule has 0 saturated heterocycles. The van der Waals surface area contributed by atoms with E-state index in [9.17, 15) is 9.59 Å². The minimum Gasteiger partial charge on any atom is -0.491 e. The second-order valence-electron chi connectivity index (χ2n) is 7.88. The normalized spacial score (nSPS) is 21.6. The van der Waals surface area contributed by atoms with Gasteiger partial charge in [-0.2, -0.15) is 0 Å². The molecule has 0 heterocycles. The molecule has 0 atom stereocenters. The van der Waals surface area contributed by atoms with Gasteiger partial charge in [0, 0.05) is 30.4 Å². The first-order chi connectivity index (χ1) is 12.9. The molecule has 3 rings (SSSR count). The number of carboxylic acid groups (broad SMARTS) is 1. The molecule has 7 heteroatoms. The maximum absolute atomic E-state index is 12.2. The largest absolute Gasteiger partial charge is 0.491 e. The quantitative estimate of drug-likeness (QED) is 0.617. The monoisotopic (exact) mass is 375 g/mol. The summed E-state index contributed by atoms with van der Waals surface area (Å²) in [5.74, 6) is 0.587. The van der Waals surface area contributed by atoms with Gasteiger partial charge in [0.2, 0.25) is 0 Å². The van der Waals surface area contributed by atoms with Crippen molar-refractivity contribution < 1.29 is 19.4 Å². The summed E-state index contributed by atoms with van der Waals surface area (Å²) in [6.45, 7) is 4.86. The van der Waals surface area contributed by atoms with Crippen LogP contribution in [0.15, 0.2) is 24.3 Å². The van der Waals surface area contributed by atoms with Crippen LogP contribution in [0.4, 0.5) is 10.5 Å². The molecule has 2 aliphatic rings. The number of anilines is 1. The Morgan fingerprint density at radius 2 is 2.04 bits per heavy atom. The Balaban J connectivity index is 1.43. The van der Waals surface area contributed by atoms with E-state index in [0.29, 0.717) is 11.6 Å². The molecule has 27 heavy (non-hydrogen) atoms. The fourth-order valence-electron chi connectivity index (χ4n) is 3.42. The summed E-state index contributed by atoms with van der Waals surface area (Å²) < 4.78 is 5.63. The van der Waals surface area contributed by atoms with Gasteiger partial charge in [-0.05, 0) is 57.6 Å². The number of urea groups is 1. The maximum atomic E-state index is 12.2. The number of carbonyl (C=O) groups excluding carboxylic acids is 1. The van der Waals surface area contributed by atoms with Crippen LogP contribution in [0.1, 0.15) is 39.5 Å². The van der Waals surface area contributed by atoms with Gasteiger partial charge >= 0.3 is 12.0 Å². The molecule has 2 fully saturated rings. The molecule has 1 aromatic rings. The first kappa shape index (κ1) is 19.5. The molecule has 0 aliphatic heterocycles. The average Bonchev–Trinajstić information content (AvgIpc) is 3.33. The Morgan fingerprint density at radius 3 is 2.67 bits per heavy atom. The summed E-state index contributed by atoms with van der Waals surface area (Å²) in [7, 11) is 0. The van der Waals surface area contributed by atoms with E-state index >= 15 is 0 Å². The van der Waals surface area contributed by atoms with Crippen LogP contribution in [-0.4, -0.2) is 53.3 Å².